The first kappa shape index (κ1) is 13.5. The summed E-state index contributed by atoms with van der Waals surface area (Å²) < 4.78 is 5.25. The number of benzene rings is 1. The van der Waals surface area contributed by atoms with Gasteiger partial charge in [-0.2, -0.15) is 0 Å². The summed E-state index contributed by atoms with van der Waals surface area (Å²) in [5.41, 5.74) is 1.41. The minimum atomic E-state index is 0.577. The minimum absolute atomic E-state index is 0.577. The van der Waals surface area contributed by atoms with E-state index in [4.69, 9.17) is 16.3 Å². The first-order valence-corrected chi connectivity index (χ1v) is 6.35. The molecule has 1 rings (SSSR count). The second-order valence-corrected chi connectivity index (χ2v) is 4.02. The Hall–Kier alpha value is -0.570. The van der Waals surface area contributed by atoms with Gasteiger partial charge in [0.1, 0.15) is 0 Å². The molecular formula is C13H20ClNO. The maximum Gasteiger partial charge on any atom is 0.0602 e. The highest BCUT2D eigenvalue weighted by atomic mass is 35.5. The molecule has 0 aliphatic heterocycles. The fraction of sp³-hybridized carbons (Fsp3) is 0.538. The molecule has 2 nitrogen and oxygen atoms in total. The van der Waals surface area contributed by atoms with Crippen molar-refractivity contribution in [3.05, 3.63) is 35.9 Å². The summed E-state index contributed by atoms with van der Waals surface area (Å²) in [5, 5.41) is 3.35. The molecule has 3 heteroatoms. The van der Waals surface area contributed by atoms with E-state index in [2.05, 4.69) is 35.6 Å². The van der Waals surface area contributed by atoms with Crippen LogP contribution >= 0.6 is 11.6 Å². The van der Waals surface area contributed by atoms with Gasteiger partial charge in [0.05, 0.1) is 13.2 Å². The van der Waals surface area contributed by atoms with Gasteiger partial charge in [-0.1, -0.05) is 30.3 Å². The molecule has 0 aromatic heterocycles. The highest BCUT2D eigenvalue weighted by Crippen LogP contribution is 2.01. The van der Waals surface area contributed by atoms with Crippen LogP contribution in [0.3, 0.4) is 0 Å². The number of halogens is 1. The lowest BCUT2D eigenvalue weighted by Crippen LogP contribution is -2.21. The van der Waals surface area contributed by atoms with Gasteiger partial charge in [-0.15, -0.1) is 11.6 Å². The van der Waals surface area contributed by atoms with E-state index in [1.54, 1.807) is 0 Å². The fourth-order valence-corrected chi connectivity index (χ4v) is 1.60. The molecular weight excluding hydrogens is 222 g/mol. The molecule has 16 heavy (non-hydrogen) atoms. The number of alkyl halides is 1. The van der Waals surface area contributed by atoms with Crippen LogP contribution in [0.25, 0.3) is 0 Å². The summed E-state index contributed by atoms with van der Waals surface area (Å²) in [6.45, 7) is 3.34. The topological polar surface area (TPSA) is 21.3 Å². The normalized spacial score (nSPS) is 10.6. The molecule has 1 aromatic rings. The van der Waals surface area contributed by atoms with Crippen LogP contribution in [0, 0.1) is 0 Å². The van der Waals surface area contributed by atoms with Crippen molar-refractivity contribution in [2.75, 3.05) is 32.2 Å². The minimum Gasteiger partial charge on any atom is -0.379 e. The molecule has 0 atom stereocenters. The molecule has 0 radical (unpaired) electrons. The summed E-state index contributed by atoms with van der Waals surface area (Å²) in [6, 6.07) is 10.6. The lowest BCUT2D eigenvalue weighted by molar-refractivity contribution is 0.151. The Morgan fingerprint density at radius 2 is 1.88 bits per heavy atom. The molecule has 1 N–H and O–H groups in total. The summed E-state index contributed by atoms with van der Waals surface area (Å²) >= 11 is 5.49. The van der Waals surface area contributed by atoms with E-state index >= 15 is 0 Å². The third-order valence-corrected chi connectivity index (χ3v) is 2.46. The van der Waals surface area contributed by atoms with Crippen molar-refractivity contribution in [2.45, 2.75) is 12.8 Å². The van der Waals surface area contributed by atoms with Gasteiger partial charge < -0.3 is 10.1 Å². The first-order valence-electron chi connectivity index (χ1n) is 5.82. The zero-order valence-corrected chi connectivity index (χ0v) is 10.4. The summed E-state index contributed by atoms with van der Waals surface area (Å²) in [5.74, 6) is 0.577. The van der Waals surface area contributed by atoms with Crippen LogP contribution in [0.4, 0.5) is 0 Å². The van der Waals surface area contributed by atoms with E-state index in [1.807, 2.05) is 0 Å². The van der Waals surface area contributed by atoms with Crippen LogP contribution in [-0.2, 0) is 11.2 Å². The molecule has 0 heterocycles. The fourth-order valence-electron chi connectivity index (χ4n) is 1.49. The second kappa shape index (κ2) is 9.64. The van der Waals surface area contributed by atoms with Crippen molar-refractivity contribution in [3.8, 4) is 0 Å². The lowest BCUT2D eigenvalue weighted by Gasteiger charge is -2.05. The zero-order chi connectivity index (χ0) is 11.5. The van der Waals surface area contributed by atoms with E-state index in [9.17, 15) is 0 Å². The average molecular weight is 242 g/mol. The van der Waals surface area contributed by atoms with Gasteiger partial charge in [0.2, 0.25) is 0 Å². The maximum atomic E-state index is 5.49. The van der Waals surface area contributed by atoms with E-state index in [0.717, 1.165) is 26.1 Å². The molecule has 0 unspecified atom stereocenters. The predicted molar refractivity (Wildman–Crippen MR) is 69.2 cm³/mol. The number of aryl methyl sites for hydroxylation is 1. The van der Waals surface area contributed by atoms with E-state index in [1.165, 1.54) is 12.0 Å². The number of ether oxygens (including phenoxy) is 1. The molecule has 0 amide bonds. The van der Waals surface area contributed by atoms with Gasteiger partial charge in [0.25, 0.3) is 0 Å². The SMILES string of the molecule is ClCCOCCNCCCc1ccccc1. The highest BCUT2D eigenvalue weighted by Gasteiger charge is 1.92. The number of hydrogen-bond acceptors (Lipinski definition) is 2. The quantitative estimate of drug-likeness (QED) is 0.530. The number of hydrogen-bond donors (Lipinski definition) is 1. The van der Waals surface area contributed by atoms with Gasteiger partial charge in [-0.05, 0) is 24.9 Å². The molecule has 0 spiro atoms. The van der Waals surface area contributed by atoms with Gasteiger partial charge in [-0.25, -0.2) is 0 Å². The van der Waals surface area contributed by atoms with Crippen LogP contribution < -0.4 is 5.32 Å². The van der Waals surface area contributed by atoms with Crippen molar-refractivity contribution >= 4 is 11.6 Å². The Morgan fingerprint density at radius 1 is 1.06 bits per heavy atom. The molecule has 0 bridgehead atoms. The van der Waals surface area contributed by atoms with E-state index < -0.39 is 0 Å². The Bertz CT molecular complexity index is 253. The van der Waals surface area contributed by atoms with Gasteiger partial charge in [-0.3, -0.25) is 0 Å². The third kappa shape index (κ3) is 6.83. The lowest BCUT2D eigenvalue weighted by atomic mass is 10.1. The summed E-state index contributed by atoms with van der Waals surface area (Å²) in [6.07, 6.45) is 2.30. The van der Waals surface area contributed by atoms with Crippen molar-refractivity contribution < 1.29 is 4.74 Å². The largest absolute Gasteiger partial charge is 0.379 e. The number of rotatable bonds is 9. The molecule has 0 aliphatic carbocycles. The average Bonchev–Trinajstić information content (AvgIpc) is 2.34. The molecule has 0 fully saturated rings. The Kier molecular flexibility index (Phi) is 8.13. The van der Waals surface area contributed by atoms with Crippen LogP contribution in [0.5, 0.6) is 0 Å². The summed E-state index contributed by atoms with van der Waals surface area (Å²) in [4.78, 5) is 0. The monoisotopic (exact) mass is 241 g/mol. The van der Waals surface area contributed by atoms with Crippen LogP contribution in [-0.4, -0.2) is 32.2 Å². The standard InChI is InChI=1S/C13H20ClNO/c14-8-11-16-12-10-15-9-4-7-13-5-2-1-3-6-13/h1-3,5-6,15H,4,7-12H2. The molecule has 1 aromatic carbocycles. The highest BCUT2D eigenvalue weighted by molar-refractivity contribution is 6.17. The molecule has 0 aliphatic rings. The van der Waals surface area contributed by atoms with Crippen molar-refractivity contribution in [2.24, 2.45) is 0 Å². The second-order valence-electron chi connectivity index (χ2n) is 3.64. The first-order chi connectivity index (χ1) is 7.93. The van der Waals surface area contributed by atoms with Crippen molar-refractivity contribution in [3.63, 3.8) is 0 Å². The van der Waals surface area contributed by atoms with Gasteiger partial charge in [0.15, 0.2) is 0 Å². The zero-order valence-electron chi connectivity index (χ0n) is 9.62. The van der Waals surface area contributed by atoms with Crippen LogP contribution in [0.15, 0.2) is 30.3 Å². The van der Waals surface area contributed by atoms with Crippen LogP contribution in [0.2, 0.25) is 0 Å². The third-order valence-electron chi connectivity index (χ3n) is 2.31. The van der Waals surface area contributed by atoms with Gasteiger partial charge in [0, 0.05) is 12.4 Å². The Balaban J connectivity index is 1.89. The Morgan fingerprint density at radius 3 is 2.62 bits per heavy atom. The van der Waals surface area contributed by atoms with Crippen LogP contribution in [0.1, 0.15) is 12.0 Å². The van der Waals surface area contributed by atoms with Crippen molar-refractivity contribution in [1.29, 1.82) is 0 Å². The van der Waals surface area contributed by atoms with Crippen molar-refractivity contribution in [1.82, 2.24) is 5.32 Å². The summed E-state index contributed by atoms with van der Waals surface area (Å²) in [7, 11) is 0. The Labute approximate surface area is 103 Å². The molecule has 90 valence electrons. The molecule has 0 saturated carbocycles. The molecule has 0 saturated heterocycles. The smallest absolute Gasteiger partial charge is 0.0602 e. The van der Waals surface area contributed by atoms with E-state index in [0.29, 0.717) is 12.5 Å². The van der Waals surface area contributed by atoms with Gasteiger partial charge >= 0.3 is 0 Å². The maximum absolute atomic E-state index is 5.49. The van der Waals surface area contributed by atoms with E-state index in [-0.39, 0.29) is 0 Å². The number of nitrogens with one attached hydrogen (secondary N) is 1. The predicted octanol–water partition coefficient (Wildman–Crippen LogP) is 2.46.